The van der Waals surface area contributed by atoms with Crippen LogP contribution in [0.1, 0.15) is 27.7 Å². The maximum Gasteiger partial charge on any atom is 0.573 e. The summed E-state index contributed by atoms with van der Waals surface area (Å²) in [5.74, 6) is -2.73. The molecular weight excluding hydrogens is 396 g/mol. The number of halogens is 4. The van der Waals surface area contributed by atoms with E-state index in [2.05, 4.69) is 20.1 Å². The molecule has 0 saturated heterocycles. The summed E-state index contributed by atoms with van der Waals surface area (Å²) in [5, 5.41) is 6.70. The number of benzene rings is 1. The van der Waals surface area contributed by atoms with Crippen molar-refractivity contribution in [1.29, 1.82) is 0 Å². The average molecular weight is 412 g/mol. The molecule has 3 aromatic rings. The van der Waals surface area contributed by atoms with Crippen LogP contribution in [0.3, 0.4) is 0 Å². The van der Waals surface area contributed by atoms with Crippen molar-refractivity contribution in [3.05, 3.63) is 59.3 Å². The Morgan fingerprint density at radius 3 is 2.72 bits per heavy atom. The van der Waals surface area contributed by atoms with E-state index in [1.807, 2.05) is 0 Å². The molecule has 11 heteroatoms. The molecule has 0 saturated carbocycles. The Labute approximate surface area is 162 Å². The van der Waals surface area contributed by atoms with Gasteiger partial charge in [-0.25, -0.2) is 13.9 Å². The van der Waals surface area contributed by atoms with Gasteiger partial charge in [0.15, 0.2) is 17.2 Å². The molecule has 1 unspecified atom stereocenters. The molecule has 0 aliphatic carbocycles. The molecule has 1 amide bonds. The number of methoxy groups -OCH3 is 1. The fourth-order valence-corrected chi connectivity index (χ4v) is 2.68. The fraction of sp³-hybridized carbons (Fsp3) is 0.278. The number of fused-ring (bicyclic) bond motifs is 1. The Morgan fingerprint density at radius 1 is 1.31 bits per heavy atom. The highest BCUT2D eigenvalue weighted by molar-refractivity contribution is 5.99. The number of carbonyl (C=O) groups is 1. The Balaban J connectivity index is 1.85. The van der Waals surface area contributed by atoms with E-state index in [1.165, 1.54) is 23.9 Å². The van der Waals surface area contributed by atoms with Gasteiger partial charge in [0, 0.05) is 19.0 Å². The van der Waals surface area contributed by atoms with Gasteiger partial charge in [0.1, 0.15) is 5.56 Å². The molecular formula is C18H16F4N4O3. The summed E-state index contributed by atoms with van der Waals surface area (Å²) < 4.78 is 61.1. The first kappa shape index (κ1) is 20.5. The van der Waals surface area contributed by atoms with Crippen LogP contribution in [0.25, 0.3) is 5.65 Å². The lowest BCUT2D eigenvalue weighted by atomic mass is 10.1. The van der Waals surface area contributed by atoms with Gasteiger partial charge >= 0.3 is 6.36 Å². The summed E-state index contributed by atoms with van der Waals surface area (Å²) in [6.07, 6.45) is -2.03. The topological polar surface area (TPSA) is 77.8 Å². The monoisotopic (exact) mass is 412 g/mol. The van der Waals surface area contributed by atoms with Gasteiger partial charge in [-0.3, -0.25) is 4.79 Å². The average Bonchev–Trinajstić information content (AvgIpc) is 3.05. The van der Waals surface area contributed by atoms with Gasteiger partial charge in [-0.05, 0) is 30.7 Å². The largest absolute Gasteiger partial charge is 0.573 e. The molecule has 0 aliphatic rings. The number of hydrogen-bond acceptors (Lipinski definition) is 5. The van der Waals surface area contributed by atoms with Crippen molar-refractivity contribution in [3.8, 4) is 5.75 Å². The number of aromatic nitrogens is 3. The van der Waals surface area contributed by atoms with Crippen LogP contribution in [-0.4, -0.2) is 40.6 Å². The molecule has 0 aliphatic heterocycles. The molecule has 1 atom stereocenters. The minimum Gasteiger partial charge on any atom is -0.403 e. The third kappa shape index (κ3) is 4.80. The number of nitrogens with one attached hydrogen (secondary N) is 1. The third-order valence-electron chi connectivity index (χ3n) is 3.98. The van der Waals surface area contributed by atoms with E-state index < -0.39 is 29.9 Å². The van der Waals surface area contributed by atoms with Crippen LogP contribution >= 0.6 is 0 Å². The Kier molecular flexibility index (Phi) is 5.69. The van der Waals surface area contributed by atoms with Crippen LogP contribution in [0.2, 0.25) is 0 Å². The summed E-state index contributed by atoms with van der Waals surface area (Å²) >= 11 is 0. The Hall–Kier alpha value is -3.21. The fourth-order valence-electron chi connectivity index (χ4n) is 2.68. The highest BCUT2D eigenvalue weighted by Crippen LogP contribution is 2.28. The zero-order chi connectivity index (χ0) is 21.2. The summed E-state index contributed by atoms with van der Waals surface area (Å²) in [7, 11) is 1.37. The van der Waals surface area contributed by atoms with Crippen molar-refractivity contribution in [3.63, 3.8) is 0 Å². The first-order valence-corrected chi connectivity index (χ1v) is 8.34. The van der Waals surface area contributed by atoms with Gasteiger partial charge in [-0.1, -0.05) is 6.07 Å². The van der Waals surface area contributed by atoms with Crippen molar-refractivity contribution >= 4 is 11.6 Å². The van der Waals surface area contributed by atoms with Gasteiger partial charge in [0.2, 0.25) is 0 Å². The minimum atomic E-state index is -5.02. The lowest BCUT2D eigenvalue weighted by molar-refractivity contribution is -0.275. The van der Waals surface area contributed by atoms with E-state index >= 15 is 0 Å². The molecule has 1 N–H and O–H groups in total. The molecule has 2 aromatic heterocycles. The van der Waals surface area contributed by atoms with Gasteiger partial charge in [0.25, 0.3) is 5.91 Å². The Bertz CT molecular complexity index is 1040. The van der Waals surface area contributed by atoms with Crippen molar-refractivity contribution in [2.45, 2.75) is 19.3 Å². The van der Waals surface area contributed by atoms with E-state index in [0.29, 0.717) is 11.3 Å². The number of carbonyl (C=O) groups excluding carboxylic acids is 1. The predicted molar refractivity (Wildman–Crippen MR) is 92.9 cm³/mol. The Morgan fingerprint density at radius 2 is 2.07 bits per heavy atom. The van der Waals surface area contributed by atoms with Gasteiger partial charge in [0.05, 0.1) is 18.8 Å². The predicted octanol–water partition coefficient (Wildman–Crippen LogP) is 3.19. The van der Waals surface area contributed by atoms with Gasteiger partial charge in [-0.15, -0.1) is 13.2 Å². The number of amides is 1. The SMILES string of the molecule is COCC(NC(=O)c1cnn2ccc(C)nc12)c1ccc(OC(F)(F)F)c(F)c1. The zero-order valence-corrected chi connectivity index (χ0v) is 15.3. The van der Waals surface area contributed by atoms with Crippen LogP contribution in [0.5, 0.6) is 5.75 Å². The van der Waals surface area contributed by atoms with Crippen LogP contribution < -0.4 is 10.1 Å². The number of ether oxygens (including phenoxy) is 2. The molecule has 1 aromatic carbocycles. The molecule has 154 valence electrons. The molecule has 29 heavy (non-hydrogen) atoms. The molecule has 3 rings (SSSR count). The lowest BCUT2D eigenvalue weighted by Gasteiger charge is -2.19. The second kappa shape index (κ2) is 8.03. The first-order valence-electron chi connectivity index (χ1n) is 8.34. The third-order valence-corrected chi connectivity index (χ3v) is 3.98. The minimum absolute atomic E-state index is 0.0453. The number of rotatable bonds is 6. The van der Waals surface area contributed by atoms with Crippen molar-refractivity contribution in [2.24, 2.45) is 0 Å². The van der Waals surface area contributed by atoms with Gasteiger partial charge in [-0.2, -0.15) is 5.10 Å². The smallest absolute Gasteiger partial charge is 0.403 e. The van der Waals surface area contributed by atoms with Crippen LogP contribution in [0.15, 0.2) is 36.7 Å². The summed E-state index contributed by atoms with van der Waals surface area (Å²) in [6, 6.07) is 3.80. The molecule has 2 heterocycles. The van der Waals surface area contributed by atoms with Crippen LogP contribution in [0.4, 0.5) is 17.6 Å². The quantitative estimate of drug-likeness (QED) is 0.630. The maximum atomic E-state index is 14.0. The van der Waals surface area contributed by atoms with Crippen molar-refractivity contribution in [1.82, 2.24) is 19.9 Å². The molecule has 0 radical (unpaired) electrons. The second-order valence-electron chi connectivity index (χ2n) is 6.11. The van der Waals surface area contributed by atoms with Crippen LogP contribution in [0, 0.1) is 12.7 Å². The van der Waals surface area contributed by atoms with E-state index in [1.54, 1.807) is 19.2 Å². The summed E-state index contributed by atoms with van der Waals surface area (Å²) in [4.78, 5) is 17.0. The molecule has 7 nitrogen and oxygen atoms in total. The van der Waals surface area contributed by atoms with E-state index in [9.17, 15) is 22.4 Å². The van der Waals surface area contributed by atoms with E-state index in [0.717, 1.165) is 12.1 Å². The molecule has 0 spiro atoms. The maximum absolute atomic E-state index is 14.0. The van der Waals surface area contributed by atoms with Gasteiger partial charge < -0.3 is 14.8 Å². The first-order chi connectivity index (χ1) is 13.7. The summed E-state index contributed by atoms with van der Waals surface area (Å²) in [6.45, 7) is 1.71. The second-order valence-corrected chi connectivity index (χ2v) is 6.11. The number of hydrogen-bond donors (Lipinski definition) is 1. The highest BCUT2D eigenvalue weighted by Gasteiger charge is 2.32. The van der Waals surface area contributed by atoms with Crippen LogP contribution in [-0.2, 0) is 4.74 Å². The molecule has 0 bridgehead atoms. The normalized spacial score (nSPS) is 12.8. The highest BCUT2D eigenvalue weighted by atomic mass is 19.4. The number of aryl methyl sites for hydroxylation is 1. The molecule has 0 fully saturated rings. The van der Waals surface area contributed by atoms with Crippen molar-refractivity contribution in [2.75, 3.05) is 13.7 Å². The van der Waals surface area contributed by atoms with E-state index in [-0.39, 0.29) is 17.7 Å². The zero-order valence-electron chi connectivity index (χ0n) is 15.3. The number of nitrogens with zero attached hydrogens (tertiary/aromatic N) is 3. The van der Waals surface area contributed by atoms with E-state index in [4.69, 9.17) is 4.74 Å². The van der Waals surface area contributed by atoms with Crippen molar-refractivity contribution < 1.29 is 31.8 Å². The number of alkyl halides is 3. The lowest BCUT2D eigenvalue weighted by Crippen LogP contribution is -2.31. The standard InChI is InChI=1S/C18H16F4N4O3/c1-10-5-6-26-16(24-10)12(8-23-26)17(27)25-14(9-28-2)11-3-4-15(13(19)7-11)29-18(20,21)22/h3-8,14H,9H2,1-2H3,(H,25,27). The summed E-state index contributed by atoms with van der Waals surface area (Å²) in [5.41, 5.74) is 1.40.